The summed E-state index contributed by atoms with van der Waals surface area (Å²) in [5, 5.41) is 5.90. The molecule has 3 aromatic carbocycles. The van der Waals surface area contributed by atoms with E-state index in [1.54, 1.807) is 12.1 Å². The van der Waals surface area contributed by atoms with Gasteiger partial charge in [-0.25, -0.2) is 0 Å². The Labute approximate surface area is 189 Å². The van der Waals surface area contributed by atoms with Crippen LogP contribution in [-0.4, -0.2) is 17.6 Å². The molecule has 0 saturated carbocycles. The van der Waals surface area contributed by atoms with Crippen molar-refractivity contribution in [3.8, 4) is 11.5 Å². The molecule has 0 aliphatic carbocycles. The Bertz CT molecular complexity index is 1030. The average molecular weight is 485 g/mol. The van der Waals surface area contributed by atoms with Crippen LogP contribution in [0.25, 0.3) is 0 Å². The van der Waals surface area contributed by atoms with Gasteiger partial charge in [-0.3, -0.25) is 10.1 Å². The van der Waals surface area contributed by atoms with E-state index in [4.69, 9.17) is 21.7 Å². The summed E-state index contributed by atoms with van der Waals surface area (Å²) in [7, 11) is 0. The van der Waals surface area contributed by atoms with E-state index in [1.807, 2.05) is 67.6 Å². The molecule has 5 nitrogen and oxygen atoms in total. The maximum absolute atomic E-state index is 12.7. The van der Waals surface area contributed by atoms with Gasteiger partial charge in [-0.2, -0.15) is 0 Å². The zero-order valence-electron chi connectivity index (χ0n) is 16.4. The number of anilines is 1. The SMILES string of the molecule is CCOc1ccc(Br)cc1C(=O)NC(=S)Nc1ccccc1OCc1ccccc1. The first kappa shape index (κ1) is 21.8. The van der Waals surface area contributed by atoms with Crippen LogP contribution in [0.3, 0.4) is 0 Å². The zero-order valence-corrected chi connectivity index (χ0v) is 18.8. The molecule has 0 unspecified atom stereocenters. The van der Waals surface area contributed by atoms with E-state index in [0.29, 0.717) is 36.0 Å². The lowest BCUT2D eigenvalue weighted by Gasteiger charge is -2.15. The highest BCUT2D eigenvalue weighted by molar-refractivity contribution is 9.10. The van der Waals surface area contributed by atoms with Gasteiger partial charge in [0.25, 0.3) is 5.91 Å². The minimum absolute atomic E-state index is 0.165. The molecule has 3 rings (SSSR count). The van der Waals surface area contributed by atoms with Crippen molar-refractivity contribution in [1.82, 2.24) is 5.32 Å². The molecule has 0 aliphatic heterocycles. The number of para-hydroxylation sites is 2. The van der Waals surface area contributed by atoms with E-state index < -0.39 is 0 Å². The van der Waals surface area contributed by atoms with Gasteiger partial charge in [-0.05, 0) is 55.0 Å². The fourth-order valence-electron chi connectivity index (χ4n) is 2.72. The highest BCUT2D eigenvalue weighted by Crippen LogP contribution is 2.26. The van der Waals surface area contributed by atoms with Gasteiger partial charge < -0.3 is 14.8 Å². The van der Waals surface area contributed by atoms with Crippen molar-refractivity contribution in [2.45, 2.75) is 13.5 Å². The third kappa shape index (κ3) is 6.05. The van der Waals surface area contributed by atoms with Crippen LogP contribution in [0.1, 0.15) is 22.8 Å². The van der Waals surface area contributed by atoms with E-state index >= 15 is 0 Å². The summed E-state index contributed by atoms with van der Waals surface area (Å²) in [6.45, 7) is 2.74. The predicted octanol–water partition coefficient (Wildman–Crippen LogP) is 5.55. The minimum Gasteiger partial charge on any atom is -0.493 e. The summed E-state index contributed by atoms with van der Waals surface area (Å²) in [5.41, 5.74) is 2.11. The van der Waals surface area contributed by atoms with Crippen molar-refractivity contribution in [2.24, 2.45) is 0 Å². The molecule has 154 valence electrons. The third-order valence-corrected chi connectivity index (χ3v) is 4.78. The zero-order chi connectivity index (χ0) is 21.3. The van der Waals surface area contributed by atoms with Gasteiger partial charge in [-0.15, -0.1) is 0 Å². The van der Waals surface area contributed by atoms with Gasteiger partial charge >= 0.3 is 0 Å². The number of carbonyl (C=O) groups excluding carboxylic acids is 1. The van der Waals surface area contributed by atoms with Crippen LogP contribution in [-0.2, 0) is 6.61 Å². The van der Waals surface area contributed by atoms with Crippen LogP contribution in [0.15, 0.2) is 77.3 Å². The Kier molecular flexibility index (Phi) is 7.82. The quantitative estimate of drug-likeness (QED) is 0.430. The number of hydrogen-bond acceptors (Lipinski definition) is 4. The number of halogens is 1. The number of carbonyl (C=O) groups is 1. The topological polar surface area (TPSA) is 59.6 Å². The van der Waals surface area contributed by atoms with E-state index in [0.717, 1.165) is 10.0 Å². The smallest absolute Gasteiger partial charge is 0.261 e. The molecule has 0 heterocycles. The molecule has 0 fully saturated rings. The van der Waals surface area contributed by atoms with Crippen LogP contribution >= 0.6 is 28.1 Å². The Hall–Kier alpha value is -2.90. The van der Waals surface area contributed by atoms with Crippen molar-refractivity contribution >= 4 is 44.9 Å². The molecule has 0 atom stereocenters. The van der Waals surface area contributed by atoms with Gasteiger partial charge in [0.2, 0.25) is 0 Å². The normalized spacial score (nSPS) is 10.2. The van der Waals surface area contributed by atoms with Crippen molar-refractivity contribution in [3.05, 3.63) is 88.4 Å². The number of hydrogen-bond donors (Lipinski definition) is 2. The maximum Gasteiger partial charge on any atom is 0.261 e. The van der Waals surface area contributed by atoms with Crippen LogP contribution < -0.4 is 20.1 Å². The van der Waals surface area contributed by atoms with Crippen molar-refractivity contribution in [1.29, 1.82) is 0 Å². The standard InChI is InChI=1S/C23H21BrN2O3S/c1-2-28-20-13-12-17(24)14-18(20)22(27)26-23(30)25-19-10-6-7-11-21(19)29-15-16-8-4-3-5-9-16/h3-14H,2,15H2,1H3,(H2,25,26,27,30). The second-order valence-corrected chi connectivity index (χ2v) is 7.58. The average Bonchev–Trinajstić information content (AvgIpc) is 2.75. The molecular formula is C23H21BrN2O3S. The molecule has 3 aromatic rings. The van der Waals surface area contributed by atoms with Gasteiger partial charge in [0.1, 0.15) is 18.1 Å². The first-order chi connectivity index (χ1) is 14.6. The lowest BCUT2D eigenvalue weighted by Crippen LogP contribution is -2.34. The number of rotatable bonds is 7. The Morgan fingerprint density at radius 2 is 1.70 bits per heavy atom. The molecule has 0 aromatic heterocycles. The third-order valence-electron chi connectivity index (χ3n) is 4.09. The molecule has 0 spiro atoms. The molecule has 0 radical (unpaired) electrons. The molecular weight excluding hydrogens is 464 g/mol. The monoisotopic (exact) mass is 484 g/mol. The van der Waals surface area contributed by atoms with E-state index in [1.165, 1.54) is 0 Å². The lowest BCUT2D eigenvalue weighted by molar-refractivity contribution is 0.0974. The summed E-state index contributed by atoms with van der Waals surface area (Å²) < 4.78 is 12.2. The summed E-state index contributed by atoms with van der Waals surface area (Å²) >= 11 is 8.72. The van der Waals surface area contributed by atoms with Crippen LogP contribution in [0.2, 0.25) is 0 Å². The van der Waals surface area contributed by atoms with Crippen molar-refractivity contribution in [3.63, 3.8) is 0 Å². The molecule has 0 aliphatic rings. The lowest BCUT2D eigenvalue weighted by atomic mass is 10.2. The van der Waals surface area contributed by atoms with Crippen molar-refractivity contribution in [2.75, 3.05) is 11.9 Å². The summed E-state index contributed by atoms with van der Waals surface area (Å²) in [6.07, 6.45) is 0. The highest BCUT2D eigenvalue weighted by atomic mass is 79.9. The summed E-state index contributed by atoms with van der Waals surface area (Å²) in [6, 6.07) is 22.6. The number of amides is 1. The first-order valence-electron chi connectivity index (χ1n) is 9.37. The van der Waals surface area contributed by atoms with Gasteiger partial charge in [0.15, 0.2) is 5.11 Å². The van der Waals surface area contributed by atoms with E-state index in [2.05, 4.69) is 26.6 Å². The second kappa shape index (κ2) is 10.8. The predicted molar refractivity (Wildman–Crippen MR) is 126 cm³/mol. The fourth-order valence-corrected chi connectivity index (χ4v) is 3.28. The second-order valence-electron chi connectivity index (χ2n) is 6.25. The Morgan fingerprint density at radius 3 is 2.47 bits per heavy atom. The number of nitrogens with one attached hydrogen (secondary N) is 2. The van der Waals surface area contributed by atoms with Gasteiger partial charge in [-0.1, -0.05) is 58.4 Å². The number of ether oxygens (including phenoxy) is 2. The fraction of sp³-hybridized carbons (Fsp3) is 0.130. The molecule has 7 heteroatoms. The van der Waals surface area contributed by atoms with Gasteiger partial charge in [0, 0.05) is 4.47 Å². The number of benzene rings is 3. The first-order valence-corrected chi connectivity index (χ1v) is 10.6. The van der Waals surface area contributed by atoms with Crippen LogP contribution in [0, 0.1) is 0 Å². The van der Waals surface area contributed by atoms with Crippen LogP contribution in [0.4, 0.5) is 5.69 Å². The maximum atomic E-state index is 12.7. The molecule has 2 N–H and O–H groups in total. The summed E-state index contributed by atoms with van der Waals surface area (Å²) in [5.74, 6) is 0.767. The Morgan fingerprint density at radius 1 is 0.967 bits per heavy atom. The molecule has 0 bridgehead atoms. The van der Waals surface area contributed by atoms with E-state index in [9.17, 15) is 4.79 Å². The van der Waals surface area contributed by atoms with Crippen molar-refractivity contribution < 1.29 is 14.3 Å². The van der Waals surface area contributed by atoms with Crippen LogP contribution in [0.5, 0.6) is 11.5 Å². The number of thiocarbonyl (C=S) groups is 1. The van der Waals surface area contributed by atoms with Gasteiger partial charge in [0.05, 0.1) is 17.9 Å². The van der Waals surface area contributed by atoms with E-state index in [-0.39, 0.29) is 11.0 Å². The Balaban J connectivity index is 1.67. The minimum atomic E-state index is -0.361. The molecule has 0 saturated heterocycles. The summed E-state index contributed by atoms with van der Waals surface area (Å²) in [4.78, 5) is 12.7. The largest absolute Gasteiger partial charge is 0.493 e. The molecule has 1 amide bonds. The molecule has 30 heavy (non-hydrogen) atoms. The highest BCUT2D eigenvalue weighted by Gasteiger charge is 2.15.